The summed E-state index contributed by atoms with van der Waals surface area (Å²) in [6.07, 6.45) is 2.74. The minimum Gasteiger partial charge on any atom is -0.396 e. The molecule has 1 rings (SSSR count). The van der Waals surface area contributed by atoms with Gasteiger partial charge >= 0.3 is 0 Å². The number of aliphatic hydroxyl groups excluding tert-OH is 1. The van der Waals surface area contributed by atoms with Gasteiger partial charge in [0.15, 0.2) is 0 Å². The van der Waals surface area contributed by atoms with Crippen LogP contribution < -0.4 is 0 Å². The second kappa shape index (κ2) is 6.42. The summed E-state index contributed by atoms with van der Waals surface area (Å²) in [4.78, 5) is 7.33. The van der Waals surface area contributed by atoms with Crippen LogP contribution in [0.25, 0.3) is 0 Å². The van der Waals surface area contributed by atoms with E-state index in [1.165, 1.54) is 16.7 Å². The predicted octanol–water partition coefficient (Wildman–Crippen LogP) is 0.912. The summed E-state index contributed by atoms with van der Waals surface area (Å²) in [5, 5.41) is 8.81. The molecule has 1 aromatic heterocycles. The van der Waals surface area contributed by atoms with E-state index in [9.17, 15) is 8.42 Å². The van der Waals surface area contributed by atoms with E-state index in [4.69, 9.17) is 16.7 Å². The molecule has 0 saturated carbocycles. The van der Waals surface area contributed by atoms with Crippen molar-refractivity contribution in [2.45, 2.75) is 31.2 Å². The molecule has 1 aromatic rings. The fourth-order valence-electron chi connectivity index (χ4n) is 1.45. The van der Waals surface area contributed by atoms with E-state index < -0.39 is 10.0 Å². The zero-order valence-electron chi connectivity index (χ0n) is 10.2. The van der Waals surface area contributed by atoms with Crippen molar-refractivity contribution < 1.29 is 13.5 Å². The molecule has 0 fully saturated rings. The third kappa shape index (κ3) is 3.61. The third-order valence-corrected chi connectivity index (χ3v) is 4.54. The summed E-state index contributed by atoms with van der Waals surface area (Å²) in [5.74, 6) is 0. The number of hydrogen-bond donors (Lipinski definition) is 1. The van der Waals surface area contributed by atoms with Crippen molar-refractivity contribution in [2.24, 2.45) is 0 Å². The molecule has 0 saturated heterocycles. The van der Waals surface area contributed by atoms with E-state index in [2.05, 4.69) is 9.97 Å². The van der Waals surface area contributed by atoms with Gasteiger partial charge in [-0.05, 0) is 31.9 Å². The van der Waals surface area contributed by atoms with Gasteiger partial charge in [-0.15, -0.1) is 0 Å². The fraction of sp³-hybridized carbons (Fsp3) is 0.600. The predicted molar refractivity (Wildman–Crippen MR) is 67.8 cm³/mol. The minimum absolute atomic E-state index is 0.000375. The number of aromatic nitrogens is 2. The molecule has 0 spiro atoms. The molecule has 6 nitrogen and oxygen atoms in total. The highest BCUT2D eigenvalue weighted by Crippen LogP contribution is 2.17. The Bertz CT molecular complexity index is 476. The number of sulfonamides is 1. The molecule has 0 radical (unpaired) electrons. The van der Waals surface area contributed by atoms with Gasteiger partial charge in [-0.2, -0.15) is 4.31 Å². The van der Waals surface area contributed by atoms with Crippen LogP contribution in [0.1, 0.15) is 20.3 Å². The molecule has 0 unspecified atom stereocenters. The van der Waals surface area contributed by atoms with Crippen molar-refractivity contribution in [1.29, 1.82) is 0 Å². The van der Waals surface area contributed by atoms with Gasteiger partial charge in [-0.1, -0.05) is 0 Å². The molecule has 0 amide bonds. The van der Waals surface area contributed by atoms with Gasteiger partial charge in [-0.25, -0.2) is 18.4 Å². The molecule has 18 heavy (non-hydrogen) atoms. The van der Waals surface area contributed by atoms with Crippen LogP contribution in [0.4, 0.5) is 0 Å². The Balaban J connectivity index is 3.05. The average Bonchev–Trinajstić information content (AvgIpc) is 2.29. The summed E-state index contributed by atoms with van der Waals surface area (Å²) < 4.78 is 25.9. The quantitative estimate of drug-likeness (QED) is 0.788. The Morgan fingerprint density at radius 2 is 1.94 bits per heavy atom. The lowest BCUT2D eigenvalue weighted by Gasteiger charge is -2.25. The highest BCUT2D eigenvalue weighted by atomic mass is 35.5. The normalized spacial score (nSPS) is 12.3. The molecule has 0 aliphatic rings. The first kappa shape index (κ1) is 15.3. The van der Waals surface area contributed by atoms with Gasteiger partial charge in [0.2, 0.25) is 15.3 Å². The van der Waals surface area contributed by atoms with Crippen LogP contribution in [0.15, 0.2) is 17.3 Å². The Morgan fingerprint density at radius 1 is 1.39 bits per heavy atom. The highest BCUT2D eigenvalue weighted by Gasteiger charge is 2.27. The summed E-state index contributed by atoms with van der Waals surface area (Å²) in [6, 6.07) is -0.211. The van der Waals surface area contributed by atoms with E-state index in [1.54, 1.807) is 13.8 Å². The van der Waals surface area contributed by atoms with Crippen LogP contribution in [0.5, 0.6) is 0 Å². The number of halogens is 1. The highest BCUT2D eigenvalue weighted by molar-refractivity contribution is 7.89. The molecule has 8 heteroatoms. The SMILES string of the molecule is CC(C)N(CCCO)S(=O)(=O)c1cnc(Cl)nc1. The van der Waals surface area contributed by atoms with Crippen LogP contribution in [0, 0.1) is 0 Å². The summed E-state index contributed by atoms with van der Waals surface area (Å²) >= 11 is 5.52. The molecule has 1 heterocycles. The van der Waals surface area contributed by atoms with Gasteiger partial charge in [0.1, 0.15) is 4.90 Å². The van der Waals surface area contributed by atoms with Crippen molar-refractivity contribution in [2.75, 3.05) is 13.2 Å². The summed E-state index contributed by atoms with van der Waals surface area (Å²) in [5.41, 5.74) is 0. The van der Waals surface area contributed by atoms with Crippen molar-refractivity contribution in [3.05, 3.63) is 17.7 Å². The summed E-state index contributed by atoms with van der Waals surface area (Å²) in [6.45, 7) is 3.73. The topological polar surface area (TPSA) is 83.4 Å². The smallest absolute Gasteiger partial charge is 0.246 e. The van der Waals surface area contributed by atoms with Crippen molar-refractivity contribution >= 4 is 21.6 Å². The lowest BCUT2D eigenvalue weighted by atomic mass is 10.3. The largest absolute Gasteiger partial charge is 0.396 e. The van der Waals surface area contributed by atoms with Gasteiger partial charge < -0.3 is 5.11 Å². The van der Waals surface area contributed by atoms with Gasteiger partial charge in [-0.3, -0.25) is 0 Å². The van der Waals surface area contributed by atoms with Crippen LogP contribution in [-0.4, -0.2) is 47.0 Å². The van der Waals surface area contributed by atoms with Crippen molar-refractivity contribution in [3.8, 4) is 0 Å². The molecule has 0 bridgehead atoms. The Hall–Kier alpha value is -0.760. The zero-order valence-corrected chi connectivity index (χ0v) is 11.8. The zero-order chi connectivity index (χ0) is 13.8. The second-order valence-corrected chi connectivity index (χ2v) is 6.20. The van der Waals surface area contributed by atoms with Gasteiger partial charge in [0.25, 0.3) is 0 Å². The Kier molecular flexibility index (Phi) is 5.46. The molecule has 0 aliphatic heterocycles. The van der Waals surface area contributed by atoms with Crippen LogP contribution in [0.3, 0.4) is 0 Å². The van der Waals surface area contributed by atoms with E-state index in [1.807, 2.05) is 0 Å². The monoisotopic (exact) mass is 293 g/mol. The van der Waals surface area contributed by atoms with Crippen LogP contribution >= 0.6 is 11.6 Å². The minimum atomic E-state index is -3.65. The van der Waals surface area contributed by atoms with E-state index in [0.717, 1.165) is 0 Å². The fourth-order valence-corrected chi connectivity index (χ4v) is 3.12. The number of nitrogens with zero attached hydrogens (tertiary/aromatic N) is 3. The second-order valence-electron chi connectivity index (χ2n) is 3.97. The molecular formula is C10H16ClN3O3S. The third-order valence-electron chi connectivity index (χ3n) is 2.32. The first-order valence-electron chi connectivity index (χ1n) is 5.50. The number of aliphatic hydroxyl groups is 1. The standard InChI is InChI=1S/C10H16ClN3O3S/c1-8(2)14(4-3-5-15)18(16,17)9-6-12-10(11)13-7-9/h6-8,15H,3-5H2,1-2H3. The number of hydrogen-bond acceptors (Lipinski definition) is 5. The molecule has 0 aliphatic carbocycles. The molecule has 0 aromatic carbocycles. The maximum atomic E-state index is 12.3. The Morgan fingerprint density at radius 3 is 2.39 bits per heavy atom. The maximum absolute atomic E-state index is 12.3. The molecular weight excluding hydrogens is 278 g/mol. The Labute approximate surface area is 112 Å². The lowest BCUT2D eigenvalue weighted by Crippen LogP contribution is -2.38. The van der Waals surface area contributed by atoms with Crippen molar-refractivity contribution in [3.63, 3.8) is 0 Å². The molecule has 1 N–H and O–H groups in total. The van der Waals surface area contributed by atoms with E-state index in [-0.39, 0.29) is 29.4 Å². The van der Waals surface area contributed by atoms with Crippen LogP contribution in [0.2, 0.25) is 5.28 Å². The lowest BCUT2D eigenvalue weighted by molar-refractivity contribution is 0.258. The molecule has 0 atom stereocenters. The first-order valence-corrected chi connectivity index (χ1v) is 7.31. The molecule has 102 valence electrons. The average molecular weight is 294 g/mol. The van der Waals surface area contributed by atoms with E-state index >= 15 is 0 Å². The summed E-state index contributed by atoms with van der Waals surface area (Å²) in [7, 11) is -3.65. The van der Waals surface area contributed by atoms with Crippen molar-refractivity contribution in [1.82, 2.24) is 14.3 Å². The van der Waals surface area contributed by atoms with Gasteiger partial charge in [0.05, 0.1) is 12.4 Å². The maximum Gasteiger partial charge on any atom is 0.246 e. The first-order chi connectivity index (χ1) is 8.39. The van der Waals surface area contributed by atoms with Crippen LogP contribution in [-0.2, 0) is 10.0 Å². The number of rotatable bonds is 6. The van der Waals surface area contributed by atoms with Gasteiger partial charge in [0, 0.05) is 19.2 Å². The van der Waals surface area contributed by atoms with E-state index in [0.29, 0.717) is 6.42 Å².